The van der Waals surface area contributed by atoms with Crippen molar-refractivity contribution in [3.63, 3.8) is 0 Å². The van der Waals surface area contributed by atoms with Gasteiger partial charge in [0.2, 0.25) is 5.91 Å². The molecule has 1 N–H and O–H groups in total. The lowest BCUT2D eigenvalue weighted by atomic mass is 10.1. The topological polar surface area (TPSA) is 50.2 Å². The molecule has 0 fully saturated rings. The summed E-state index contributed by atoms with van der Waals surface area (Å²) in [5.41, 5.74) is 3.35. The monoisotopic (exact) mass is 372 g/mol. The van der Waals surface area contributed by atoms with Crippen LogP contribution in [0, 0.1) is 18.7 Å². The second-order valence-corrected chi connectivity index (χ2v) is 7.87. The van der Waals surface area contributed by atoms with Gasteiger partial charge in [0.25, 0.3) is 0 Å². The van der Waals surface area contributed by atoms with Gasteiger partial charge in [-0.05, 0) is 42.5 Å². The van der Waals surface area contributed by atoms with E-state index in [0.717, 1.165) is 38.3 Å². The lowest BCUT2D eigenvalue weighted by Crippen LogP contribution is -2.27. The molecule has 3 rings (SSSR count). The molecule has 1 aromatic heterocycles. The standard InChI is InChI=1S/C21H29FN4O/c1-15(2)13-25-7-4-8-26-19(14-25)11-18(24-26)12-23-21(27)10-17-6-5-16(3)20(22)9-17/h5-6,9,11,15H,4,7-8,10,12-14H2,1-3H3,(H,23,27). The highest BCUT2D eigenvalue weighted by Gasteiger charge is 2.17. The van der Waals surface area contributed by atoms with Gasteiger partial charge >= 0.3 is 0 Å². The first-order valence-electron chi connectivity index (χ1n) is 9.70. The Kier molecular flexibility index (Phi) is 6.26. The molecule has 0 aliphatic carbocycles. The minimum atomic E-state index is -0.274. The van der Waals surface area contributed by atoms with E-state index in [-0.39, 0.29) is 18.1 Å². The first-order chi connectivity index (χ1) is 12.9. The summed E-state index contributed by atoms with van der Waals surface area (Å²) in [6.07, 6.45) is 1.26. The van der Waals surface area contributed by atoms with E-state index in [1.165, 1.54) is 11.8 Å². The summed E-state index contributed by atoms with van der Waals surface area (Å²) in [6.45, 7) is 10.6. The van der Waals surface area contributed by atoms with Crippen LogP contribution in [0.3, 0.4) is 0 Å². The van der Waals surface area contributed by atoms with Crippen LogP contribution in [0.25, 0.3) is 0 Å². The SMILES string of the molecule is Cc1ccc(CC(=O)NCc2cc3n(n2)CCCN(CC(C)C)C3)cc1F. The van der Waals surface area contributed by atoms with Crippen molar-refractivity contribution in [2.24, 2.45) is 5.92 Å². The number of hydrogen-bond acceptors (Lipinski definition) is 3. The number of fused-ring (bicyclic) bond motifs is 1. The number of nitrogens with zero attached hydrogens (tertiary/aromatic N) is 3. The zero-order valence-electron chi connectivity index (χ0n) is 16.5. The molecule has 0 atom stereocenters. The van der Waals surface area contributed by atoms with Gasteiger partial charge in [0, 0.05) is 26.2 Å². The third-order valence-corrected chi connectivity index (χ3v) is 4.83. The molecule has 1 aliphatic heterocycles. The number of nitrogens with one attached hydrogen (secondary N) is 1. The van der Waals surface area contributed by atoms with E-state index in [0.29, 0.717) is 23.6 Å². The molecule has 2 heterocycles. The fraction of sp³-hybridized carbons (Fsp3) is 0.524. The summed E-state index contributed by atoms with van der Waals surface area (Å²) in [5, 5.41) is 7.54. The third kappa shape index (κ3) is 5.39. The Morgan fingerprint density at radius 2 is 2.11 bits per heavy atom. The molecule has 0 spiro atoms. The van der Waals surface area contributed by atoms with Crippen molar-refractivity contribution >= 4 is 5.91 Å². The van der Waals surface area contributed by atoms with Gasteiger partial charge in [-0.25, -0.2) is 4.39 Å². The molecule has 6 heteroatoms. The predicted molar refractivity (Wildman–Crippen MR) is 104 cm³/mol. The van der Waals surface area contributed by atoms with E-state index in [1.807, 2.05) is 0 Å². The maximum absolute atomic E-state index is 13.6. The van der Waals surface area contributed by atoms with Crippen LogP contribution in [0.2, 0.25) is 0 Å². The van der Waals surface area contributed by atoms with Crippen LogP contribution in [-0.4, -0.2) is 33.7 Å². The number of amides is 1. The summed E-state index contributed by atoms with van der Waals surface area (Å²) in [7, 11) is 0. The molecule has 0 saturated carbocycles. The van der Waals surface area contributed by atoms with E-state index in [9.17, 15) is 9.18 Å². The minimum absolute atomic E-state index is 0.122. The molecule has 0 saturated heterocycles. The quantitative estimate of drug-likeness (QED) is 0.848. The van der Waals surface area contributed by atoms with Gasteiger partial charge in [-0.2, -0.15) is 5.10 Å². The Balaban J connectivity index is 1.55. The lowest BCUT2D eigenvalue weighted by Gasteiger charge is -2.21. The zero-order chi connectivity index (χ0) is 19.4. The lowest BCUT2D eigenvalue weighted by molar-refractivity contribution is -0.120. The number of benzene rings is 1. The highest BCUT2D eigenvalue weighted by molar-refractivity contribution is 5.78. The first-order valence-corrected chi connectivity index (χ1v) is 9.70. The zero-order valence-corrected chi connectivity index (χ0v) is 16.5. The van der Waals surface area contributed by atoms with Crippen LogP contribution in [0.1, 0.15) is 42.8 Å². The average molecular weight is 372 g/mol. The molecule has 146 valence electrons. The Morgan fingerprint density at radius 1 is 1.30 bits per heavy atom. The maximum atomic E-state index is 13.6. The molecule has 1 aromatic carbocycles. The van der Waals surface area contributed by atoms with Crippen LogP contribution >= 0.6 is 0 Å². The van der Waals surface area contributed by atoms with E-state index in [1.54, 1.807) is 19.1 Å². The van der Waals surface area contributed by atoms with E-state index < -0.39 is 0 Å². The summed E-state index contributed by atoms with van der Waals surface area (Å²) in [5.74, 6) is 0.247. The van der Waals surface area contributed by atoms with Crippen molar-refractivity contribution in [1.29, 1.82) is 0 Å². The van der Waals surface area contributed by atoms with Crippen molar-refractivity contribution in [2.45, 2.75) is 53.2 Å². The molecule has 1 aliphatic rings. The number of halogens is 1. The summed E-state index contributed by atoms with van der Waals surface area (Å²) >= 11 is 0. The van der Waals surface area contributed by atoms with Crippen molar-refractivity contribution in [3.05, 3.63) is 52.6 Å². The molecule has 2 aromatic rings. The second-order valence-electron chi connectivity index (χ2n) is 7.87. The van der Waals surface area contributed by atoms with Gasteiger partial charge in [0.05, 0.1) is 24.4 Å². The van der Waals surface area contributed by atoms with Crippen molar-refractivity contribution in [2.75, 3.05) is 13.1 Å². The largest absolute Gasteiger partial charge is 0.350 e. The van der Waals surface area contributed by atoms with Crippen LogP contribution in [0.5, 0.6) is 0 Å². The molecule has 5 nitrogen and oxygen atoms in total. The van der Waals surface area contributed by atoms with Gasteiger partial charge in [-0.15, -0.1) is 0 Å². The summed E-state index contributed by atoms with van der Waals surface area (Å²) < 4.78 is 15.7. The summed E-state index contributed by atoms with van der Waals surface area (Å²) in [6, 6.07) is 7.01. The fourth-order valence-corrected chi connectivity index (χ4v) is 3.53. The van der Waals surface area contributed by atoms with Gasteiger partial charge < -0.3 is 5.32 Å². The molecule has 0 bridgehead atoms. The number of carbonyl (C=O) groups excluding carboxylic acids is 1. The van der Waals surface area contributed by atoms with Gasteiger partial charge in [-0.3, -0.25) is 14.4 Å². The first kappa shape index (κ1) is 19.5. The van der Waals surface area contributed by atoms with E-state index in [4.69, 9.17) is 0 Å². The third-order valence-electron chi connectivity index (χ3n) is 4.83. The highest BCUT2D eigenvalue weighted by Crippen LogP contribution is 2.15. The Labute approximate surface area is 160 Å². The van der Waals surface area contributed by atoms with Crippen molar-refractivity contribution in [3.8, 4) is 0 Å². The number of aromatic nitrogens is 2. The average Bonchev–Trinajstić information content (AvgIpc) is 2.88. The molecule has 27 heavy (non-hydrogen) atoms. The Bertz CT molecular complexity index is 799. The maximum Gasteiger partial charge on any atom is 0.224 e. The summed E-state index contributed by atoms with van der Waals surface area (Å²) in [4.78, 5) is 14.6. The van der Waals surface area contributed by atoms with E-state index in [2.05, 4.69) is 39.9 Å². The molecular formula is C21H29FN4O. The molecule has 0 radical (unpaired) electrons. The van der Waals surface area contributed by atoms with Gasteiger partial charge in [0.1, 0.15) is 5.82 Å². The number of carbonyl (C=O) groups is 1. The van der Waals surface area contributed by atoms with Gasteiger partial charge in [-0.1, -0.05) is 26.0 Å². The molecule has 0 unspecified atom stereocenters. The Hall–Kier alpha value is -2.21. The van der Waals surface area contributed by atoms with Gasteiger partial charge in [0.15, 0.2) is 0 Å². The highest BCUT2D eigenvalue weighted by atomic mass is 19.1. The number of hydrogen-bond donors (Lipinski definition) is 1. The van der Waals surface area contributed by atoms with Crippen LogP contribution in [0.15, 0.2) is 24.3 Å². The molecule has 1 amide bonds. The van der Waals surface area contributed by atoms with Crippen LogP contribution in [-0.2, 0) is 30.8 Å². The van der Waals surface area contributed by atoms with Crippen LogP contribution < -0.4 is 5.32 Å². The normalized spacial score (nSPS) is 14.9. The Morgan fingerprint density at radius 3 is 2.85 bits per heavy atom. The predicted octanol–water partition coefficient (Wildman–Crippen LogP) is 3.05. The number of aryl methyl sites for hydroxylation is 2. The molecular weight excluding hydrogens is 343 g/mol. The van der Waals surface area contributed by atoms with Crippen molar-refractivity contribution < 1.29 is 9.18 Å². The minimum Gasteiger partial charge on any atom is -0.350 e. The smallest absolute Gasteiger partial charge is 0.224 e. The second kappa shape index (κ2) is 8.65. The van der Waals surface area contributed by atoms with E-state index >= 15 is 0 Å². The van der Waals surface area contributed by atoms with Crippen LogP contribution in [0.4, 0.5) is 4.39 Å². The fourth-order valence-electron chi connectivity index (χ4n) is 3.53. The number of rotatable bonds is 6. The van der Waals surface area contributed by atoms with Crippen molar-refractivity contribution in [1.82, 2.24) is 20.0 Å².